The normalized spacial score (nSPS) is 12.2. The number of carboxylic acid groups (broad SMARTS) is 1. The zero-order chi connectivity index (χ0) is 15.0. The maximum atomic E-state index is 11.9. The predicted octanol–water partition coefficient (Wildman–Crippen LogP) is 2.20. The molecule has 0 heterocycles. The molecule has 1 amide bonds. The fourth-order valence-corrected chi connectivity index (χ4v) is 2.05. The Hall–Kier alpha value is -1.88. The highest BCUT2D eigenvalue weighted by molar-refractivity contribution is 5.91. The molecule has 1 aromatic carbocycles. The lowest BCUT2D eigenvalue weighted by atomic mass is 10.1. The van der Waals surface area contributed by atoms with Gasteiger partial charge in [-0.25, -0.2) is 0 Å². The molecule has 0 spiro atoms. The van der Waals surface area contributed by atoms with Gasteiger partial charge in [0, 0.05) is 18.2 Å². The number of nitrogens with one attached hydrogen (secondary N) is 1. The molecule has 0 aromatic heterocycles. The Morgan fingerprint density at radius 3 is 2.50 bits per heavy atom. The fourth-order valence-electron chi connectivity index (χ4n) is 2.05. The number of hydrogen-bond acceptors (Lipinski definition) is 3. The van der Waals surface area contributed by atoms with E-state index in [-0.39, 0.29) is 24.9 Å². The van der Waals surface area contributed by atoms with Crippen molar-refractivity contribution in [3.63, 3.8) is 0 Å². The summed E-state index contributed by atoms with van der Waals surface area (Å²) in [4.78, 5) is 24.6. The summed E-state index contributed by atoms with van der Waals surface area (Å²) >= 11 is 0. The van der Waals surface area contributed by atoms with Crippen LogP contribution in [0.5, 0.6) is 0 Å². The van der Waals surface area contributed by atoms with Gasteiger partial charge in [-0.15, -0.1) is 0 Å². The molecule has 0 fully saturated rings. The minimum absolute atomic E-state index is 0.0341. The molecule has 0 aliphatic heterocycles. The monoisotopic (exact) mass is 278 g/mol. The van der Waals surface area contributed by atoms with E-state index in [0.29, 0.717) is 6.54 Å². The second kappa shape index (κ2) is 8.32. The zero-order valence-electron chi connectivity index (χ0n) is 12.0. The van der Waals surface area contributed by atoms with Crippen LogP contribution in [0.3, 0.4) is 0 Å². The van der Waals surface area contributed by atoms with E-state index in [2.05, 4.69) is 5.32 Å². The number of carbonyl (C=O) groups excluding carboxylic acids is 1. The summed E-state index contributed by atoms with van der Waals surface area (Å²) in [5.41, 5.74) is 0.755. The predicted molar refractivity (Wildman–Crippen MR) is 78.7 cm³/mol. The minimum Gasteiger partial charge on any atom is -0.480 e. The van der Waals surface area contributed by atoms with Crippen molar-refractivity contribution in [2.75, 3.05) is 18.4 Å². The average Bonchev–Trinajstić information content (AvgIpc) is 2.38. The van der Waals surface area contributed by atoms with Gasteiger partial charge in [0.05, 0.1) is 6.54 Å². The van der Waals surface area contributed by atoms with Gasteiger partial charge in [-0.1, -0.05) is 25.1 Å². The Morgan fingerprint density at radius 2 is 1.95 bits per heavy atom. The molecule has 2 N–H and O–H groups in total. The third-order valence-electron chi connectivity index (χ3n) is 3.01. The van der Waals surface area contributed by atoms with Crippen molar-refractivity contribution < 1.29 is 14.7 Å². The van der Waals surface area contributed by atoms with Crippen LogP contribution in [0.1, 0.15) is 26.7 Å². The molecule has 0 bridgehead atoms. The van der Waals surface area contributed by atoms with E-state index in [1.165, 1.54) is 0 Å². The van der Waals surface area contributed by atoms with E-state index in [1.54, 1.807) is 0 Å². The van der Waals surface area contributed by atoms with Gasteiger partial charge in [-0.05, 0) is 32.0 Å². The van der Waals surface area contributed by atoms with E-state index in [4.69, 9.17) is 5.11 Å². The summed E-state index contributed by atoms with van der Waals surface area (Å²) in [5, 5.41) is 11.7. The summed E-state index contributed by atoms with van der Waals surface area (Å²) in [6.45, 7) is 4.51. The van der Waals surface area contributed by atoms with E-state index in [1.807, 2.05) is 49.1 Å². The summed E-state index contributed by atoms with van der Waals surface area (Å²) in [7, 11) is 0. The largest absolute Gasteiger partial charge is 0.480 e. The molecule has 0 saturated heterocycles. The fraction of sp³-hybridized carbons (Fsp3) is 0.467. The number of amides is 1. The highest BCUT2D eigenvalue weighted by Crippen LogP contribution is 2.09. The Morgan fingerprint density at radius 1 is 1.30 bits per heavy atom. The van der Waals surface area contributed by atoms with E-state index >= 15 is 0 Å². The number of benzene rings is 1. The number of carbonyl (C=O) groups is 2. The first-order valence-corrected chi connectivity index (χ1v) is 6.83. The molecule has 1 unspecified atom stereocenters. The van der Waals surface area contributed by atoms with Gasteiger partial charge in [-0.2, -0.15) is 0 Å². The lowest BCUT2D eigenvalue weighted by Crippen LogP contribution is -2.39. The Kier molecular flexibility index (Phi) is 6.73. The standard InChI is InChI=1S/C15H22N2O3/c1-3-9-17(11-15(19)20)12(2)10-14(18)16-13-7-5-4-6-8-13/h4-8,12H,3,9-11H2,1-2H3,(H,16,18)(H,19,20). The highest BCUT2D eigenvalue weighted by Gasteiger charge is 2.18. The quantitative estimate of drug-likeness (QED) is 0.765. The van der Waals surface area contributed by atoms with Crippen molar-refractivity contribution in [2.24, 2.45) is 0 Å². The first-order chi connectivity index (χ1) is 9.52. The molecule has 110 valence electrons. The molecule has 1 atom stereocenters. The van der Waals surface area contributed by atoms with Crippen molar-refractivity contribution >= 4 is 17.6 Å². The molecule has 5 heteroatoms. The maximum Gasteiger partial charge on any atom is 0.317 e. The maximum absolute atomic E-state index is 11.9. The zero-order valence-corrected chi connectivity index (χ0v) is 12.0. The second-order valence-corrected chi connectivity index (χ2v) is 4.83. The third kappa shape index (κ3) is 5.84. The van der Waals surface area contributed by atoms with Crippen LogP contribution in [0, 0.1) is 0 Å². The minimum atomic E-state index is -0.867. The van der Waals surface area contributed by atoms with E-state index in [9.17, 15) is 9.59 Å². The van der Waals surface area contributed by atoms with Crippen molar-refractivity contribution in [2.45, 2.75) is 32.7 Å². The molecule has 0 radical (unpaired) electrons. The first-order valence-electron chi connectivity index (χ1n) is 6.83. The smallest absolute Gasteiger partial charge is 0.317 e. The molecule has 20 heavy (non-hydrogen) atoms. The number of hydrogen-bond donors (Lipinski definition) is 2. The van der Waals surface area contributed by atoms with Crippen LogP contribution >= 0.6 is 0 Å². The molecule has 0 aliphatic rings. The number of para-hydroxylation sites is 1. The Labute approximate surface area is 119 Å². The van der Waals surface area contributed by atoms with Crippen molar-refractivity contribution in [1.82, 2.24) is 4.90 Å². The SMILES string of the molecule is CCCN(CC(=O)O)C(C)CC(=O)Nc1ccccc1. The number of aliphatic carboxylic acids is 1. The van der Waals surface area contributed by atoms with Gasteiger partial charge in [-0.3, -0.25) is 14.5 Å². The highest BCUT2D eigenvalue weighted by atomic mass is 16.4. The number of anilines is 1. The molecule has 0 saturated carbocycles. The first kappa shape index (κ1) is 16.2. The summed E-state index contributed by atoms with van der Waals surface area (Å²) in [5.74, 6) is -0.969. The molecular weight excluding hydrogens is 256 g/mol. The third-order valence-corrected chi connectivity index (χ3v) is 3.01. The molecule has 1 rings (SSSR count). The van der Waals surface area contributed by atoms with Crippen molar-refractivity contribution in [1.29, 1.82) is 0 Å². The average molecular weight is 278 g/mol. The summed E-state index contributed by atoms with van der Waals surface area (Å²) < 4.78 is 0. The topological polar surface area (TPSA) is 69.6 Å². The van der Waals surface area contributed by atoms with Gasteiger partial charge in [0.25, 0.3) is 0 Å². The van der Waals surface area contributed by atoms with Crippen LogP contribution in [0.25, 0.3) is 0 Å². The van der Waals surface area contributed by atoms with Gasteiger partial charge in [0.2, 0.25) is 5.91 Å². The van der Waals surface area contributed by atoms with Crippen LogP contribution in [0.2, 0.25) is 0 Å². The van der Waals surface area contributed by atoms with Crippen molar-refractivity contribution in [3.8, 4) is 0 Å². The molecule has 5 nitrogen and oxygen atoms in total. The van der Waals surface area contributed by atoms with Crippen LogP contribution < -0.4 is 5.32 Å². The van der Waals surface area contributed by atoms with Gasteiger partial charge < -0.3 is 10.4 Å². The van der Waals surface area contributed by atoms with Crippen LogP contribution in [0.4, 0.5) is 5.69 Å². The number of carboxylic acids is 1. The van der Waals surface area contributed by atoms with Crippen molar-refractivity contribution in [3.05, 3.63) is 30.3 Å². The lowest BCUT2D eigenvalue weighted by molar-refractivity contribution is -0.139. The molecule has 1 aromatic rings. The second-order valence-electron chi connectivity index (χ2n) is 4.83. The van der Waals surface area contributed by atoms with Crippen LogP contribution in [-0.4, -0.2) is 41.0 Å². The van der Waals surface area contributed by atoms with Gasteiger partial charge in [0.1, 0.15) is 0 Å². The van der Waals surface area contributed by atoms with Crippen LogP contribution in [-0.2, 0) is 9.59 Å². The molecular formula is C15H22N2O3. The Bertz CT molecular complexity index is 434. The lowest BCUT2D eigenvalue weighted by Gasteiger charge is -2.26. The summed E-state index contributed by atoms with van der Waals surface area (Å²) in [6.07, 6.45) is 1.14. The van der Waals surface area contributed by atoms with Crippen LogP contribution in [0.15, 0.2) is 30.3 Å². The van der Waals surface area contributed by atoms with Gasteiger partial charge in [0.15, 0.2) is 0 Å². The number of nitrogens with zero attached hydrogens (tertiary/aromatic N) is 1. The number of rotatable bonds is 8. The molecule has 0 aliphatic carbocycles. The van der Waals surface area contributed by atoms with E-state index < -0.39 is 5.97 Å². The summed E-state index contributed by atoms with van der Waals surface area (Å²) in [6, 6.07) is 9.14. The van der Waals surface area contributed by atoms with Gasteiger partial charge >= 0.3 is 5.97 Å². The Balaban J connectivity index is 2.51. The van der Waals surface area contributed by atoms with E-state index in [0.717, 1.165) is 12.1 Å².